The molecule has 0 spiro atoms. The van der Waals surface area contributed by atoms with Gasteiger partial charge in [-0.1, -0.05) is 13.8 Å². The van der Waals surface area contributed by atoms with Crippen LogP contribution in [0.4, 0.5) is 0 Å². The zero-order valence-corrected chi connectivity index (χ0v) is 24.8. The second kappa shape index (κ2) is 9.89. The highest BCUT2D eigenvalue weighted by molar-refractivity contribution is 5.75. The van der Waals surface area contributed by atoms with Crippen molar-refractivity contribution in [2.24, 2.45) is 34.5 Å². The Hall–Kier alpha value is -3.24. The number of esters is 2. The highest BCUT2D eigenvalue weighted by Gasteiger charge is 2.70. The van der Waals surface area contributed by atoms with Gasteiger partial charge in [0.1, 0.15) is 35.4 Å². The number of hydrogen-bond acceptors (Lipinski definition) is 10. The molecule has 4 aliphatic carbocycles. The van der Waals surface area contributed by atoms with Gasteiger partial charge in [-0.3, -0.25) is 14.6 Å². The summed E-state index contributed by atoms with van der Waals surface area (Å²) >= 11 is 0. The van der Waals surface area contributed by atoms with E-state index < -0.39 is 46.3 Å². The first-order chi connectivity index (χ1) is 20.5. The van der Waals surface area contributed by atoms with Crippen LogP contribution in [-0.4, -0.2) is 51.6 Å². The molecule has 4 saturated carbocycles. The zero-order chi connectivity index (χ0) is 30.3. The van der Waals surface area contributed by atoms with Crippen molar-refractivity contribution >= 4 is 11.9 Å². The van der Waals surface area contributed by atoms with Gasteiger partial charge in [-0.25, -0.2) is 4.79 Å². The van der Waals surface area contributed by atoms with Crippen LogP contribution in [0.5, 0.6) is 5.75 Å². The molecule has 43 heavy (non-hydrogen) atoms. The third kappa shape index (κ3) is 4.51. The van der Waals surface area contributed by atoms with Gasteiger partial charge in [0, 0.05) is 35.4 Å². The fourth-order valence-corrected chi connectivity index (χ4v) is 8.45. The first kappa shape index (κ1) is 28.5. The molecule has 0 aromatic carbocycles. The van der Waals surface area contributed by atoms with Gasteiger partial charge >= 0.3 is 17.6 Å². The van der Waals surface area contributed by atoms with Crippen LogP contribution in [0.2, 0.25) is 0 Å². The van der Waals surface area contributed by atoms with Crippen LogP contribution >= 0.6 is 0 Å². The van der Waals surface area contributed by atoms with Crippen molar-refractivity contribution in [2.45, 2.75) is 89.6 Å². The number of pyridine rings is 1. The fraction of sp³-hybridized carbons (Fsp3) is 0.636. The van der Waals surface area contributed by atoms with Crippen LogP contribution in [-0.2, 0) is 19.1 Å². The predicted octanol–water partition coefficient (Wildman–Crippen LogP) is 3.96. The Morgan fingerprint density at radius 3 is 2.47 bits per heavy atom. The summed E-state index contributed by atoms with van der Waals surface area (Å²) in [7, 11) is 0. The quantitative estimate of drug-likeness (QED) is 0.472. The highest BCUT2D eigenvalue weighted by Crippen LogP contribution is 2.67. The van der Waals surface area contributed by atoms with Gasteiger partial charge < -0.3 is 28.8 Å². The van der Waals surface area contributed by atoms with Crippen LogP contribution in [0.15, 0.2) is 39.8 Å². The molecule has 10 heteroatoms. The van der Waals surface area contributed by atoms with Crippen molar-refractivity contribution in [1.29, 1.82) is 0 Å². The first-order valence-corrected chi connectivity index (χ1v) is 15.5. The van der Waals surface area contributed by atoms with E-state index in [2.05, 4.69) is 11.9 Å². The van der Waals surface area contributed by atoms with E-state index in [0.717, 1.165) is 25.7 Å². The topological polar surface area (TPSA) is 145 Å². The lowest BCUT2D eigenvalue weighted by Gasteiger charge is -2.66. The summed E-state index contributed by atoms with van der Waals surface area (Å²) in [6, 6.07) is 5.06. The summed E-state index contributed by atoms with van der Waals surface area (Å²) in [5.74, 6) is -1.26. The van der Waals surface area contributed by atoms with Crippen LogP contribution in [0.3, 0.4) is 0 Å². The Bertz CT molecular complexity index is 1500. The third-order valence-corrected chi connectivity index (χ3v) is 11.2. The van der Waals surface area contributed by atoms with E-state index in [1.807, 2.05) is 6.92 Å². The van der Waals surface area contributed by atoms with Crippen molar-refractivity contribution in [3.05, 3.63) is 46.6 Å². The maximum atomic E-state index is 13.4. The van der Waals surface area contributed by atoms with E-state index in [0.29, 0.717) is 18.4 Å². The Kier molecular flexibility index (Phi) is 6.56. The number of carbonyl (C=O) groups is 2. The maximum Gasteiger partial charge on any atom is 0.345 e. The molecule has 3 unspecified atom stereocenters. The Labute approximate surface area is 249 Å². The highest BCUT2D eigenvalue weighted by atomic mass is 16.6. The van der Waals surface area contributed by atoms with Crippen molar-refractivity contribution in [1.82, 2.24) is 4.98 Å². The van der Waals surface area contributed by atoms with E-state index in [-0.39, 0.29) is 59.8 Å². The molecule has 0 radical (unpaired) electrons. The molecule has 7 rings (SSSR count). The lowest BCUT2D eigenvalue weighted by Crippen LogP contribution is -2.71. The number of ether oxygens (including phenoxy) is 3. The minimum Gasteiger partial charge on any atom is -0.484 e. The van der Waals surface area contributed by atoms with Gasteiger partial charge in [0.25, 0.3) is 0 Å². The van der Waals surface area contributed by atoms with Gasteiger partial charge in [0.2, 0.25) is 0 Å². The number of fused-ring (bicyclic) bond motifs is 4. The SMILES string of the molecule is CC1(COC(=O)C2CC2)C2C[C@H](O)[C@@]3(C)Oc4cc(-c5cccnc5)oc(=O)c4[C@H](O)C3[C@@]2(C)CC[C@@H]1OC(=O)C1CC1. The van der Waals surface area contributed by atoms with E-state index in [1.165, 1.54) is 0 Å². The Morgan fingerprint density at radius 2 is 1.79 bits per heavy atom. The zero-order valence-electron chi connectivity index (χ0n) is 24.8. The predicted molar refractivity (Wildman–Crippen MR) is 152 cm³/mol. The lowest BCUT2D eigenvalue weighted by atomic mass is 9.42. The number of rotatable bonds is 6. The van der Waals surface area contributed by atoms with E-state index in [4.69, 9.17) is 18.6 Å². The molecule has 0 amide bonds. The minimum atomic E-state index is -1.29. The van der Waals surface area contributed by atoms with Crippen LogP contribution in [0.25, 0.3) is 11.3 Å². The second-order valence-corrected chi connectivity index (χ2v) is 14.1. The molecule has 2 aromatic rings. The van der Waals surface area contributed by atoms with Gasteiger partial charge in [-0.15, -0.1) is 0 Å². The molecule has 2 aromatic heterocycles. The minimum absolute atomic E-state index is 0.0216. The van der Waals surface area contributed by atoms with Crippen LogP contribution in [0, 0.1) is 34.5 Å². The van der Waals surface area contributed by atoms with Crippen molar-refractivity contribution < 1.29 is 38.4 Å². The molecule has 8 atom stereocenters. The number of carbonyl (C=O) groups excluding carboxylic acids is 2. The standard InChI is InChI=1S/C33H39NO9/c1-31-11-10-24(42-29(38)18-8-9-18)32(2,16-40-28(37)17-6-7-17)22(31)14-23(35)33(3)27(31)26(36)25-21(43-33)13-20(41-30(25)39)19-5-4-12-34-15-19/h4-5,12-13,15,17-18,22-24,26-27,35-36H,6-11,14,16H2,1-3H3/t22?,23-,24-,26-,27?,31-,32?,33+/m0/s1. The number of aliphatic hydroxyl groups excluding tert-OH is 2. The largest absolute Gasteiger partial charge is 0.484 e. The molecule has 0 bridgehead atoms. The number of aromatic nitrogens is 1. The molecule has 1 aliphatic heterocycles. The van der Waals surface area contributed by atoms with Crippen molar-refractivity contribution in [3.8, 4) is 17.1 Å². The summed E-state index contributed by atoms with van der Waals surface area (Å²) < 4.78 is 24.2. The van der Waals surface area contributed by atoms with Crippen molar-refractivity contribution in [3.63, 3.8) is 0 Å². The van der Waals surface area contributed by atoms with Crippen LogP contribution in [0.1, 0.15) is 77.4 Å². The molecule has 0 saturated heterocycles. The van der Waals surface area contributed by atoms with E-state index in [1.54, 1.807) is 37.5 Å². The van der Waals surface area contributed by atoms with Gasteiger partial charge in [-0.05, 0) is 75.3 Å². The summed E-state index contributed by atoms with van der Waals surface area (Å²) in [4.78, 5) is 43.1. The molecule has 230 valence electrons. The third-order valence-electron chi connectivity index (χ3n) is 11.2. The normalized spacial score (nSPS) is 38.1. The molecular weight excluding hydrogens is 554 g/mol. The monoisotopic (exact) mass is 593 g/mol. The summed E-state index contributed by atoms with van der Waals surface area (Å²) in [5.41, 5.74) is -2.85. The smallest absolute Gasteiger partial charge is 0.345 e. The average Bonchev–Trinajstić information content (AvgIpc) is 3.88. The van der Waals surface area contributed by atoms with Crippen LogP contribution < -0.4 is 10.4 Å². The molecular formula is C33H39NO9. The molecule has 2 N–H and O–H groups in total. The Balaban J connectivity index is 1.27. The molecule has 5 aliphatic rings. The second-order valence-electron chi connectivity index (χ2n) is 14.1. The molecule has 4 fully saturated rings. The summed E-state index contributed by atoms with van der Waals surface area (Å²) in [5, 5.41) is 23.8. The Morgan fingerprint density at radius 1 is 1.07 bits per heavy atom. The maximum absolute atomic E-state index is 13.4. The summed E-state index contributed by atoms with van der Waals surface area (Å²) in [6.45, 7) is 5.84. The lowest BCUT2D eigenvalue weighted by molar-refractivity contribution is -0.267. The number of nitrogens with zero attached hydrogens (tertiary/aromatic N) is 1. The van der Waals surface area contributed by atoms with E-state index >= 15 is 0 Å². The fourth-order valence-electron chi connectivity index (χ4n) is 8.45. The van der Waals surface area contributed by atoms with E-state index in [9.17, 15) is 24.6 Å². The molecule has 3 heterocycles. The number of hydrogen-bond donors (Lipinski definition) is 2. The van der Waals surface area contributed by atoms with Gasteiger partial charge in [-0.2, -0.15) is 0 Å². The molecule has 10 nitrogen and oxygen atoms in total. The first-order valence-electron chi connectivity index (χ1n) is 15.5. The summed E-state index contributed by atoms with van der Waals surface area (Å²) in [6.07, 6.45) is 4.89. The average molecular weight is 594 g/mol. The number of aliphatic hydroxyl groups is 2. The van der Waals surface area contributed by atoms with Gasteiger partial charge in [0.05, 0.1) is 24.0 Å². The van der Waals surface area contributed by atoms with Gasteiger partial charge in [0.15, 0.2) is 0 Å². The van der Waals surface area contributed by atoms with Crippen molar-refractivity contribution in [2.75, 3.05) is 6.61 Å².